The predicted molar refractivity (Wildman–Crippen MR) is 105 cm³/mol. The van der Waals surface area contributed by atoms with Gasteiger partial charge in [-0.25, -0.2) is 9.78 Å². The van der Waals surface area contributed by atoms with Gasteiger partial charge < -0.3 is 19.9 Å². The van der Waals surface area contributed by atoms with Crippen LogP contribution >= 0.6 is 22.9 Å². The van der Waals surface area contributed by atoms with Crippen molar-refractivity contribution in [3.8, 4) is 11.5 Å². The van der Waals surface area contributed by atoms with E-state index in [9.17, 15) is 9.59 Å². The number of halogens is 1. The van der Waals surface area contributed by atoms with Crippen LogP contribution in [0.4, 0.5) is 5.69 Å². The van der Waals surface area contributed by atoms with Crippen LogP contribution < -0.4 is 14.8 Å². The molecule has 0 unspecified atom stereocenters. The van der Waals surface area contributed by atoms with Gasteiger partial charge in [0.2, 0.25) is 0 Å². The molecule has 3 aromatic rings. The number of hydrogen-bond donors (Lipinski definition) is 2. The summed E-state index contributed by atoms with van der Waals surface area (Å²) >= 11 is 7.55. The first kappa shape index (κ1) is 19.7. The molecular formula is C19H15ClN2O5S. The molecule has 9 heteroatoms. The van der Waals surface area contributed by atoms with Gasteiger partial charge in [-0.15, -0.1) is 11.3 Å². The molecule has 0 saturated carbocycles. The van der Waals surface area contributed by atoms with Crippen molar-refractivity contribution >= 4 is 40.5 Å². The van der Waals surface area contributed by atoms with E-state index in [1.807, 2.05) is 5.38 Å². The number of ether oxygens (including phenoxy) is 2. The van der Waals surface area contributed by atoms with Crippen molar-refractivity contribution in [2.45, 2.75) is 6.61 Å². The summed E-state index contributed by atoms with van der Waals surface area (Å²) in [5.41, 5.74) is 3.41. The van der Waals surface area contributed by atoms with Crippen LogP contribution in [-0.2, 0) is 11.4 Å². The highest BCUT2D eigenvalue weighted by Crippen LogP contribution is 2.28. The Morgan fingerprint density at radius 3 is 2.75 bits per heavy atom. The van der Waals surface area contributed by atoms with Crippen LogP contribution in [0.2, 0.25) is 5.02 Å². The van der Waals surface area contributed by atoms with Crippen molar-refractivity contribution in [2.24, 2.45) is 0 Å². The van der Waals surface area contributed by atoms with E-state index < -0.39 is 12.6 Å². The van der Waals surface area contributed by atoms with Crippen LogP contribution in [0.25, 0.3) is 0 Å². The number of anilines is 1. The van der Waals surface area contributed by atoms with Gasteiger partial charge in [0.1, 0.15) is 18.1 Å². The minimum Gasteiger partial charge on any atom is -0.487 e. The average molecular weight is 419 g/mol. The Morgan fingerprint density at radius 2 is 2.04 bits per heavy atom. The molecule has 0 aliphatic rings. The van der Waals surface area contributed by atoms with Gasteiger partial charge in [-0.1, -0.05) is 17.7 Å². The van der Waals surface area contributed by atoms with Crippen molar-refractivity contribution < 1.29 is 24.2 Å². The first-order valence-corrected chi connectivity index (χ1v) is 9.39. The minimum absolute atomic E-state index is 0.194. The van der Waals surface area contributed by atoms with Crippen LogP contribution in [0.1, 0.15) is 16.1 Å². The molecule has 2 N–H and O–H groups in total. The van der Waals surface area contributed by atoms with Crippen LogP contribution in [-0.4, -0.2) is 28.6 Å². The molecule has 0 aliphatic heterocycles. The number of rotatable bonds is 8. The van der Waals surface area contributed by atoms with Crippen LogP contribution in [0, 0.1) is 0 Å². The first-order valence-electron chi connectivity index (χ1n) is 8.06. The van der Waals surface area contributed by atoms with E-state index in [0.717, 1.165) is 5.69 Å². The number of nitrogens with zero attached hydrogens (tertiary/aromatic N) is 1. The maximum Gasteiger partial charge on any atom is 0.341 e. The van der Waals surface area contributed by atoms with E-state index >= 15 is 0 Å². The highest BCUT2D eigenvalue weighted by molar-refractivity contribution is 7.07. The lowest BCUT2D eigenvalue weighted by Crippen LogP contribution is -2.12. The van der Waals surface area contributed by atoms with E-state index in [1.165, 1.54) is 23.5 Å². The maximum absolute atomic E-state index is 12.5. The van der Waals surface area contributed by atoms with Crippen molar-refractivity contribution in [2.75, 3.05) is 11.9 Å². The fraction of sp³-hybridized carbons (Fsp3) is 0.105. The molecule has 0 spiro atoms. The summed E-state index contributed by atoms with van der Waals surface area (Å²) in [6.45, 7) is -0.179. The van der Waals surface area contributed by atoms with Crippen LogP contribution in [0.3, 0.4) is 0 Å². The summed E-state index contributed by atoms with van der Waals surface area (Å²) in [4.78, 5) is 27.2. The third kappa shape index (κ3) is 5.45. The molecule has 2 aromatic carbocycles. The van der Waals surface area contributed by atoms with Crippen molar-refractivity contribution in [3.63, 3.8) is 0 Å². The predicted octanol–water partition coefficient (Wildman–Crippen LogP) is 4.09. The molecule has 144 valence electrons. The Bertz CT molecular complexity index is 978. The molecule has 7 nitrogen and oxygen atoms in total. The number of thiazole rings is 1. The number of amides is 1. The summed E-state index contributed by atoms with van der Waals surface area (Å²) in [6.07, 6.45) is 0. The molecule has 1 heterocycles. The lowest BCUT2D eigenvalue weighted by molar-refractivity contribution is -0.139. The zero-order valence-electron chi connectivity index (χ0n) is 14.4. The molecule has 0 radical (unpaired) electrons. The van der Waals surface area contributed by atoms with E-state index in [-0.39, 0.29) is 16.7 Å². The molecule has 0 aliphatic carbocycles. The number of aliphatic carboxylic acids is 1. The second-order valence-corrected chi connectivity index (χ2v) is 6.70. The lowest BCUT2D eigenvalue weighted by Gasteiger charge is -2.10. The monoisotopic (exact) mass is 418 g/mol. The van der Waals surface area contributed by atoms with Crippen molar-refractivity contribution in [1.29, 1.82) is 0 Å². The number of benzene rings is 2. The normalized spacial score (nSPS) is 10.3. The van der Waals surface area contributed by atoms with E-state index in [4.69, 9.17) is 26.2 Å². The molecule has 1 aromatic heterocycles. The van der Waals surface area contributed by atoms with Gasteiger partial charge in [0.15, 0.2) is 6.61 Å². The summed E-state index contributed by atoms with van der Waals surface area (Å²) < 4.78 is 10.7. The number of carboxylic acids is 1. The number of hydrogen-bond acceptors (Lipinski definition) is 6. The van der Waals surface area contributed by atoms with Gasteiger partial charge in [0, 0.05) is 16.6 Å². The third-order valence-electron chi connectivity index (χ3n) is 3.51. The molecule has 0 atom stereocenters. The minimum atomic E-state index is -1.11. The number of aromatic nitrogens is 1. The number of carboxylic acid groups (broad SMARTS) is 1. The number of carbonyl (C=O) groups excluding carboxylic acids is 1. The SMILES string of the molecule is O=C(O)COc1ccc(NC(=O)c2cccc(OCc3cscn3)c2)cc1Cl. The molecule has 28 heavy (non-hydrogen) atoms. The molecule has 0 saturated heterocycles. The highest BCUT2D eigenvalue weighted by atomic mass is 35.5. The summed E-state index contributed by atoms with van der Waals surface area (Å²) in [7, 11) is 0. The Balaban J connectivity index is 1.63. The zero-order chi connectivity index (χ0) is 19.9. The Hall–Kier alpha value is -3.10. The molecule has 3 rings (SSSR count). The van der Waals surface area contributed by atoms with Crippen LogP contribution in [0.5, 0.6) is 11.5 Å². The zero-order valence-corrected chi connectivity index (χ0v) is 16.0. The van der Waals surface area contributed by atoms with Gasteiger partial charge in [0.25, 0.3) is 5.91 Å². The lowest BCUT2D eigenvalue weighted by atomic mass is 10.2. The molecule has 0 bridgehead atoms. The number of carbonyl (C=O) groups is 2. The van der Waals surface area contributed by atoms with Crippen molar-refractivity contribution in [3.05, 3.63) is 69.6 Å². The summed E-state index contributed by atoms with van der Waals surface area (Å²) in [5, 5.41) is 13.5. The fourth-order valence-electron chi connectivity index (χ4n) is 2.23. The standard InChI is InChI=1S/C19H15ClN2O5S/c20-16-7-13(4-5-17(16)27-9-18(23)24)22-19(25)12-2-1-3-15(6-12)26-8-14-10-28-11-21-14/h1-7,10-11H,8-9H2,(H,22,25)(H,23,24). The second kappa shape index (κ2) is 9.20. The van der Waals surface area contributed by atoms with Gasteiger partial charge >= 0.3 is 5.97 Å². The topological polar surface area (TPSA) is 97.8 Å². The van der Waals surface area contributed by atoms with Crippen LogP contribution in [0.15, 0.2) is 53.4 Å². The van der Waals surface area contributed by atoms with Gasteiger partial charge in [-0.2, -0.15) is 0 Å². The average Bonchev–Trinajstić information content (AvgIpc) is 3.19. The van der Waals surface area contributed by atoms with Gasteiger partial charge in [-0.3, -0.25) is 4.79 Å². The highest BCUT2D eigenvalue weighted by Gasteiger charge is 2.10. The van der Waals surface area contributed by atoms with E-state index in [1.54, 1.807) is 35.8 Å². The smallest absolute Gasteiger partial charge is 0.341 e. The summed E-state index contributed by atoms with van der Waals surface area (Å²) in [6, 6.07) is 11.3. The van der Waals surface area contributed by atoms with Crippen molar-refractivity contribution in [1.82, 2.24) is 4.98 Å². The molecule has 1 amide bonds. The van der Waals surface area contributed by atoms with E-state index in [0.29, 0.717) is 23.6 Å². The third-order valence-corrected chi connectivity index (χ3v) is 4.44. The largest absolute Gasteiger partial charge is 0.487 e. The molecular weight excluding hydrogens is 404 g/mol. The van der Waals surface area contributed by atoms with E-state index in [2.05, 4.69) is 10.3 Å². The fourth-order valence-corrected chi connectivity index (χ4v) is 3.01. The maximum atomic E-state index is 12.5. The van der Waals surface area contributed by atoms with Gasteiger partial charge in [-0.05, 0) is 36.4 Å². The second-order valence-electron chi connectivity index (χ2n) is 5.58. The van der Waals surface area contributed by atoms with Gasteiger partial charge in [0.05, 0.1) is 16.2 Å². The Labute approximate surface area is 169 Å². The Morgan fingerprint density at radius 1 is 1.18 bits per heavy atom. The Kier molecular flexibility index (Phi) is 6.46. The first-order chi connectivity index (χ1) is 13.5. The number of nitrogens with one attached hydrogen (secondary N) is 1. The molecule has 0 fully saturated rings. The quantitative estimate of drug-likeness (QED) is 0.571. The summed E-state index contributed by atoms with van der Waals surface area (Å²) in [5.74, 6) is -0.671.